The van der Waals surface area contributed by atoms with Crippen molar-refractivity contribution in [3.05, 3.63) is 0 Å². The van der Waals surface area contributed by atoms with E-state index in [4.69, 9.17) is 9.47 Å². The van der Waals surface area contributed by atoms with Crippen molar-refractivity contribution < 1.29 is 14.3 Å². The number of hydrogen-bond donors (Lipinski definition) is 0. The largest absolute Gasteiger partial charge is 0.349 e. The van der Waals surface area contributed by atoms with Gasteiger partial charge in [-0.1, -0.05) is 13.8 Å². The molecule has 0 aliphatic carbocycles. The number of hydrogen-bond acceptors (Lipinski definition) is 3. The van der Waals surface area contributed by atoms with Gasteiger partial charge in [0.1, 0.15) is 5.60 Å². The number of ether oxygens (including phenoxy) is 2. The third-order valence-electron chi connectivity index (χ3n) is 1.71. The highest BCUT2D eigenvalue weighted by molar-refractivity contribution is 5.62. The fourth-order valence-corrected chi connectivity index (χ4v) is 0.971. The zero-order chi connectivity index (χ0) is 8.48. The van der Waals surface area contributed by atoms with Crippen LogP contribution in [0.15, 0.2) is 0 Å². The maximum atomic E-state index is 10.5. The van der Waals surface area contributed by atoms with E-state index < -0.39 is 5.60 Å². The highest BCUT2D eigenvalue weighted by Gasteiger charge is 2.37. The lowest BCUT2D eigenvalue weighted by molar-refractivity contribution is -0.136. The van der Waals surface area contributed by atoms with Crippen molar-refractivity contribution >= 4 is 6.29 Å². The molecule has 0 spiro atoms. The smallest absolute Gasteiger partial charge is 0.161 e. The summed E-state index contributed by atoms with van der Waals surface area (Å²) in [5.74, 6) is 0.303. The molecular formula is C8H14O3. The van der Waals surface area contributed by atoms with E-state index in [1.54, 1.807) is 6.92 Å². The molecule has 1 rings (SSSR count). The SMILES string of the molecule is CC(C)C1OCC(C)(C=O)O1. The van der Waals surface area contributed by atoms with Crippen LogP contribution in [0.5, 0.6) is 0 Å². The average molecular weight is 158 g/mol. The van der Waals surface area contributed by atoms with Gasteiger partial charge >= 0.3 is 0 Å². The van der Waals surface area contributed by atoms with E-state index >= 15 is 0 Å². The molecule has 0 amide bonds. The third-order valence-corrected chi connectivity index (χ3v) is 1.71. The molecule has 2 unspecified atom stereocenters. The van der Waals surface area contributed by atoms with Crippen LogP contribution in [0.25, 0.3) is 0 Å². The molecule has 1 aliphatic heterocycles. The van der Waals surface area contributed by atoms with Gasteiger partial charge in [0.2, 0.25) is 0 Å². The molecular weight excluding hydrogens is 144 g/mol. The van der Waals surface area contributed by atoms with Gasteiger partial charge in [0.15, 0.2) is 12.6 Å². The van der Waals surface area contributed by atoms with E-state index in [-0.39, 0.29) is 6.29 Å². The predicted octanol–water partition coefficient (Wildman–Crippen LogP) is 0.973. The Bertz CT molecular complexity index is 155. The molecule has 0 aromatic heterocycles. The molecule has 3 heteroatoms. The van der Waals surface area contributed by atoms with Crippen molar-refractivity contribution in [2.45, 2.75) is 32.7 Å². The summed E-state index contributed by atoms with van der Waals surface area (Å²) < 4.78 is 10.6. The number of carbonyl (C=O) groups is 1. The van der Waals surface area contributed by atoms with E-state index in [1.165, 1.54) is 0 Å². The van der Waals surface area contributed by atoms with Crippen LogP contribution in [-0.2, 0) is 14.3 Å². The lowest BCUT2D eigenvalue weighted by Crippen LogP contribution is -2.30. The van der Waals surface area contributed by atoms with Gasteiger partial charge in [-0.25, -0.2) is 0 Å². The molecule has 11 heavy (non-hydrogen) atoms. The van der Waals surface area contributed by atoms with Gasteiger partial charge in [0.05, 0.1) is 6.61 Å². The molecule has 0 aromatic rings. The van der Waals surface area contributed by atoms with Crippen LogP contribution < -0.4 is 0 Å². The van der Waals surface area contributed by atoms with Crippen molar-refractivity contribution in [1.82, 2.24) is 0 Å². The summed E-state index contributed by atoms with van der Waals surface area (Å²) in [6, 6.07) is 0. The summed E-state index contributed by atoms with van der Waals surface area (Å²) in [5.41, 5.74) is -0.713. The van der Waals surface area contributed by atoms with E-state index in [1.807, 2.05) is 13.8 Å². The van der Waals surface area contributed by atoms with Crippen LogP contribution in [-0.4, -0.2) is 24.8 Å². The monoisotopic (exact) mass is 158 g/mol. The second-order valence-electron chi connectivity index (χ2n) is 3.47. The first-order valence-corrected chi connectivity index (χ1v) is 3.83. The van der Waals surface area contributed by atoms with Gasteiger partial charge in [0.25, 0.3) is 0 Å². The molecule has 1 heterocycles. The summed E-state index contributed by atoms with van der Waals surface area (Å²) in [4.78, 5) is 10.5. The fourth-order valence-electron chi connectivity index (χ4n) is 0.971. The first-order chi connectivity index (χ1) is 5.07. The molecule has 1 aliphatic rings. The molecule has 3 nitrogen and oxygen atoms in total. The first kappa shape index (κ1) is 8.68. The Kier molecular flexibility index (Phi) is 2.30. The van der Waals surface area contributed by atoms with Crippen molar-refractivity contribution in [3.63, 3.8) is 0 Å². The van der Waals surface area contributed by atoms with Gasteiger partial charge in [-0.05, 0) is 6.92 Å². The topological polar surface area (TPSA) is 35.5 Å². The Morgan fingerprint density at radius 1 is 1.64 bits per heavy atom. The van der Waals surface area contributed by atoms with Crippen LogP contribution in [0.2, 0.25) is 0 Å². The quantitative estimate of drug-likeness (QED) is 0.562. The zero-order valence-electron chi connectivity index (χ0n) is 7.16. The Balaban J connectivity index is 2.52. The second-order valence-corrected chi connectivity index (χ2v) is 3.47. The number of carbonyl (C=O) groups excluding carboxylic acids is 1. The lowest BCUT2D eigenvalue weighted by Gasteiger charge is -2.16. The normalized spacial score (nSPS) is 38.0. The Morgan fingerprint density at radius 3 is 2.55 bits per heavy atom. The minimum Gasteiger partial charge on any atom is -0.349 e. The second kappa shape index (κ2) is 2.91. The van der Waals surface area contributed by atoms with E-state index in [2.05, 4.69) is 0 Å². The first-order valence-electron chi connectivity index (χ1n) is 3.83. The summed E-state index contributed by atoms with van der Waals surface area (Å²) in [6.45, 7) is 6.12. The minimum absolute atomic E-state index is 0.217. The van der Waals surface area contributed by atoms with Crippen molar-refractivity contribution in [2.75, 3.05) is 6.61 Å². The average Bonchev–Trinajstić information content (AvgIpc) is 2.33. The highest BCUT2D eigenvalue weighted by Crippen LogP contribution is 2.24. The number of rotatable bonds is 2. The molecule has 0 bridgehead atoms. The maximum Gasteiger partial charge on any atom is 0.161 e. The number of aldehydes is 1. The zero-order valence-corrected chi connectivity index (χ0v) is 7.16. The van der Waals surface area contributed by atoms with Gasteiger partial charge < -0.3 is 14.3 Å². The summed E-state index contributed by atoms with van der Waals surface area (Å²) in [5, 5.41) is 0. The molecule has 0 radical (unpaired) electrons. The van der Waals surface area contributed by atoms with Crippen molar-refractivity contribution in [3.8, 4) is 0 Å². The standard InChI is InChI=1S/C8H14O3/c1-6(2)7-10-5-8(3,4-9)11-7/h4,6-7H,5H2,1-3H3. The molecule has 64 valence electrons. The van der Waals surface area contributed by atoms with Crippen LogP contribution in [0.1, 0.15) is 20.8 Å². The third kappa shape index (κ3) is 1.79. The van der Waals surface area contributed by atoms with Crippen molar-refractivity contribution in [2.24, 2.45) is 5.92 Å². The molecule has 0 saturated carbocycles. The Morgan fingerprint density at radius 2 is 2.27 bits per heavy atom. The van der Waals surface area contributed by atoms with Gasteiger partial charge in [-0.15, -0.1) is 0 Å². The van der Waals surface area contributed by atoms with Crippen molar-refractivity contribution in [1.29, 1.82) is 0 Å². The van der Waals surface area contributed by atoms with Gasteiger partial charge in [-0.2, -0.15) is 0 Å². The highest BCUT2D eigenvalue weighted by atomic mass is 16.7. The van der Waals surface area contributed by atoms with Gasteiger partial charge in [0, 0.05) is 5.92 Å². The summed E-state index contributed by atoms with van der Waals surface area (Å²) >= 11 is 0. The van der Waals surface area contributed by atoms with Crippen LogP contribution in [0.3, 0.4) is 0 Å². The van der Waals surface area contributed by atoms with Crippen LogP contribution in [0, 0.1) is 5.92 Å². The summed E-state index contributed by atoms with van der Waals surface area (Å²) in [7, 11) is 0. The van der Waals surface area contributed by atoms with E-state index in [0.717, 1.165) is 6.29 Å². The lowest BCUT2D eigenvalue weighted by atomic mass is 10.1. The molecule has 2 atom stereocenters. The summed E-state index contributed by atoms with van der Waals surface area (Å²) in [6.07, 6.45) is 0.584. The molecule has 1 fully saturated rings. The molecule has 1 saturated heterocycles. The molecule has 0 aromatic carbocycles. The Hall–Kier alpha value is -0.410. The maximum absolute atomic E-state index is 10.5. The fraction of sp³-hybridized carbons (Fsp3) is 0.875. The molecule has 0 N–H and O–H groups in total. The minimum atomic E-state index is -0.713. The Labute approximate surface area is 66.7 Å². The predicted molar refractivity (Wildman–Crippen MR) is 40.1 cm³/mol. The van der Waals surface area contributed by atoms with Crippen LogP contribution in [0.4, 0.5) is 0 Å². The van der Waals surface area contributed by atoms with Crippen LogP contribution >= 0.6 is 0 Å². The van der Waals surface area contributed by atoms with Gasteiger partial charge in [-0.3, -0.25) is 0 Å². The van der Waals surface area contributed by atoms with E-state index in [9.17, 15) is 4.79 Å². The van der Waals surface area contributed by atoms with E-state index in [0.29, 0.717) is 12.5 Å².